The molecule has 0 radical (unpaired) electrons. The van der Waals surface area contributed by atoms with Gasteiger partial charge in [-0.15, -0.1) is 0 Å². The summed E-state index contributed by atoms with van der Waals surface area (Å²) in [4.78, 5) is 20.5. The molecule has 3 aromatic heterocycles. The molecule has 4 heterocycles. The smallest absolute Gasteiger partial charge is 0.326 e. The zero-order valence-electron chi connectivity index (χ0n) is 22.8. The number of benzene rings is 2. The summed E-state index contributed by atoms with van der Waals surface area (Å²) in [5, 5.41) is 9.20. The van der Waals surface area contributed by atoms with Crippen molar-refractivity contribution in [2.45, 2.75) is 19.7 Å². The van der Waals surface area contributed by atoms with Crippen molar-refractivity contribution >= 4 is 44.1 Å². The number of urea groups is 1. The highest BCUT2D eigenvalue weighted by Gasteiger charge is 2.14. The molecule has 2 N–H and O–H groups in total. The lowest BCUT2D eigenvalue weighted by Gasteiger charge is -2.26. The number of ether oxygens (including phenoxy) is 2. The molecule has 0 spiro atoms. The van der Waals surface area contributed by atoms with Crippen LogP contribution in [0.25, 0.3) is 26.4 Å². The highest BCUT2D eigenvalue weighted by molar-refractivity contribution is 7.23. The van der Waals surface area contributed by atoms with Crippen LogP contribution in [-0.2, 0) is 4.74 Å². The van der Waals surface area contributed by atoms with Crippen molar-refractivity contribution in [3.8, 4) is 17.0 Å². The summed E-state index contributed by atoms with van der Waals surface area (Å²) in [7, 11) is 0. The fourth-order valence-corrected chi connectivity index (χ4v) is 5.43. The van der Waals surface area contributed by atoms with Crippen molar-refractivity contribution in [1.29, 1.82) is 0 Å². The van der Waals surface area contributed by atoms with E-state index in [0.29, 0.717) is 18.0 Å². The number of amides is 2. The molecule has 202 valence electrons. The van der Waals surface area contributed by atoms with Crippen molar-refractivity contribution in [1.82, 2.24) is 19.4 Å². The minimum Gasteiger partial charge on any atom is -0.492 e. The van der Waals surface area contributed by atoms with Gasteiger partial charge in [0.1, 0.15) is 12.4 Å². The fourth-order valence-electron chi connectivity index (χ4n) is 4.40. The van der Waals surface area contributed by atoms with Crippen LogP contribution >= 0.6 is 11.3 Å². The number of fused-ring (bicyclic) bond motifs is 3. The number of anilines is 2. The molecular formula is C28H30N6O4S. The number of nitrogens with zero attached hydrogens (tertiary/aromatic N) is 4. The molecule has 0 saturated carbocycles. The zero-order valence-corrected chi connectivity index (χ0v) is 22.6. The van der Waals surface area contributed by atoms with Gasteiger partial charge < -0.3 is 19.3 Å². The minimum atomic E-state index is -0.913. The van der Waals surface area contributed by atoms with Gasteiger partial charge in [0.2, 0.25) is 5.88 Å². The Morgan fingerprint density at radius 3 is 2.74 bits per heavy atom. The van der Waals surface area contributed by atoms with Crippen molar-refractivity contribution in [3.05, 3.63) is 60.4 Å². The Balaban J connectivity index is 1.08. The summed E-state index contributed by atoms with van der Waals surface area (Å²) in [6, 6.07) is 14.7. The van der Waals surface area contributed by atoms with Gasteiger partial charge in [-0.2, -0.15) is 0 Å². The molecular weight excluding hydrogens is 516 g/mol. The third kappa shape index (κ3) is 5.75. The van der Waals surface area contributed by atoms with Crippen molar-refractivity contribution in [2.24, 2.45) is 0 Å². The highest BCUT2D eigenvalue weighted by atomic mass is 32.1. The largest absolute Gasteiger partial charge is 0.492 e. The SMILES string of the molecule is [2H]C(C)(C)c1cc(NC(=O)Nc2ccc(-c3cn4c(n3)sc3cc(OCCN5CCOCC5)ccc34)cc2)on1. The molecule has 6 rings (SSSR count). The Morgan fingerprint density at radius 2 is 1.97 bits per heavy atom. The van der Waals surface area contributed by atoms with Crippen LogP contribution in [0.5, 0.6) is 5.75 Å². The first kappa shape index (κ1) is 24.1. The maximum absolute atomic E-state index is 12.4. The molecule has 0 unspecified atom stereocenters. The average molecular weight is 548 g/mol. The average Bonchev–Trinajstić information content (AvgIpc) is 3.64. The van der Waals surface area contributed by atoms with Gasteiger partial charge in [0.05, 0.1) is 34.8 Å². The van der Waals surface area contributed by atoms with Crippen molar-refractivity contribution < 1.29 is 20.2 Å². The van der Waals surface area contributed by atoms with Gasteiger partial charge in [-0.25, -0.2) is 9.78 Å². The van der Waals surface area contributed by atoms with E-state index in [1.54, 1.807) is 31.3 Å². The number of hydrogen-bond donors (Lipinski definition) is 2. The maximum Gasteiger partial charge on any atom is 0.326 e. The van der Waals surface area contributed by atoms with E-state index in [9.17, 15) is 4.79 Å². The van der Waals surface area contributed by atoms with E-state index in [2.05, 4.69) is 37.2 Å². The van der Waals surface area contributed by atoms with E-state index < -0.39 is 11.9 Å². The van der Waals surface area contributed by atoms with Gasteiger partial charge in [-0.05, 0) is 36.2 Å². The van der Waals surface area contributed by atoms with Crippen LogP contribution in [0.15, 0.2) is 59.3 Å². The zero-order chi connectivity index (χ0) is 27.7. The maximum atomic E-state index is 12.4. The topological polar surface area (TPSA) is 106 Å². The second-order valence-electron chi connectivity index (χ2n) is 9.55. The summed E-state index contributed by atoms with van der Waals surface area (Å²) < 4.78 is 27.7. The van der Waals surface area contributed by atoms with E-state index in [4.69, 9.17) is 20.4 Å². The summed E-state index contributed by atoms with van der Waals surface area (Å²) in [6.07, 6.45) is 2.03. The monoisotopic (exact) mass is 547 g/mol. The summed E-state index contributed by atoms with van der Waals surface area (Å²) >= 11 is 1.62. The number of aromatic nitrogens is 3. The Kier molecular flexibility index (Phi) is 6.84. The van der Waals surface area contributed by atoms with Crippen LogP contribution in [0, 0.1) is 0 Å². The number of rotatable bonds is 8. The van der Waals surface area contributed by atoms with Gasteiger partial charge in [0.25, 0.3) is 0 Å². The lowest BCUT2D eigenvalue weighted by molar-refractivity contribution is 0.0322. The van der Waals surface area contributed by atoms with E-state index in [1.165, 1.54) is 0 Å². The van der Waals surface area contributed by atoms with E-state index in [-0.39, 0.29) is 5.88 Å². The Bertz CT molecular complexity index is 1630. The van der Waals surface area contributed by atoms with Gasteiger partial charge in [0.15, 0.2) is 4.96 Å². The molecule has 0 bridgehead atoms. The summed E-state index contributed by atoms with van der Waals surface area (Å²) in [5.41, 5.74) is 3.93. The van der Waals surface area contributed by atoms with Crippen LogP contribution in [0.2, 0.25) is 0 Å². The Morgan fingerprint density at radius 1 is 1.15 bits per heavy atom. The molecule has 10 nitrogen and oxygen atoms in total. The predicted molar refractivity (Wildman–Crippen MR) is 152 cm³/mol. The number of imidazole rings is 1. The lowest BCUT2D eigenvalue weighted by atomic mass is 10.1. The normalized spacial score (nSPS) is 15.0. The first-order valence-electron chi connectivity index (χ1n) is 13.3. The van der Waals surface area contributed by atoms with Gasteiger partial charge >= 0.3 is 6.03 Å². The number of morpholine rings is 1. The molecule has 39 heavy (non-hydrogen) atoms. The molecule has 5 aromatic rings. The van der Waals surface area contributed by atoms with Crippen molar-refractivity contribution in [2.75, 3.05) is 50.1 Å². The third-order valence-corrected chi connectivity index (χ3v) is 7.56. The van der Waals surface area contributed by atoms with E-state index >= 15 is 0 Å². The number of hydrogen-bond acceptors (Lipinski definition) is 8. The van der Waals surface area contributed by atoms with Crippen molar-refractivity contribution in [3.63, 3.8) is 0 Å². The molecule has 1 aliphatic heterocycles. The molecule has 2 aromatic carbocycles. The first-order valence-corrected chi connectivity index (χ1v) is 13.6. The second kappa shape index (κ2) is 11.0. The molecule has 0 atom stereocenters. The number of nitrogens with one attached hydrogen (secondary N) is 2. The summed E-state index contributed by atoms with van der Waals surface area (Å²) in [6.45, 7) is 8.43. The van der Waals surface area contributed by atoms with Crippen LogP contribution in [0.4, 0.5) is 16.4 Å². The first-order chi connectivity index (χ1) is 19.3. The van der Waals surface area contributed by atoms with Gasteiger partial charge in [-0.1, -0.05) is 42.5 Å². The molecule has 1 fully saturated rings. The van der Waals surface area contributed by atoms with Gasteiger partial charge in [-0.3, -0.25) is 14.6 Å². The number of thiazole rings is 1. The van der Waals surface area contributed by atoms with Crippen LogP contribution < -0.4 is 15.4 Å². The summed E-state index contributed by atoms with van der Waals surface area (Å²) in [5.74, 6) is 0.132. The number of carbonyl (C=O) groups is 1. The Hall–Kier alpha value is -3.93. The fraction of sp³-hybridized carbons (Fsp3) is 0.321. The quantitative estimate of drug-likeness (QED) is 0.257. The van der Waals surface area contributed by atoms with Gasteiger partial charge in [0, 0.05) is 44.5 Å². The third-order valence-electron chi connectivity index (χ3n) is 6.54. The molecule has 11 heteroatoms. The lowest BCUT2D eigenvalue weighted by Crippen LogP contribution is -2.38. The minimum absolute atomic E-state index is 0.182. The highest BCUT2D eigenvalue weighted by Crippen LogP contribution is 2.32. The van der Waals surface area contributed by atoms with Crippen LogP contribution in [0.3, 0.4) is 0 Å². The number of carbonyl (C=O) groups excluding carboxylic acids is 1. The van der Waals surface area contributed by atoms with Crippen LogP contribution in [-0.4, -0.2) is 64.9 Å². The van der Waals surface area contributed by atoms with E-state index in [1.807, 2.05) is 36.5 Å². The predicted octanol–water partition coefficient (Wildman–Crippen LogP) is 5.68. The standard InChI is InChI=1S/C28H30N6O4S/c1-18(2)22-16-26(38-32-22)31-27(35)29-20-5-3-19(4-6-20)23-17-34-24-8-7-21(15-25(24)39-28(34)30-23)37-14-11-33-9-12-36-13-10-33/h3-8,15-18H,9-14H2,1-2H3,(H2,29,31,35)/i18D. The molecule has 2 amide bonds. The second-order valence-corrected chi connectivity index (χ2v) is 10.6. The Labute approximate surface area is 230 Å². The molecule has 1 saturated heterocycles. The molecule has 1 aliphatic rings. The molecule has 0 aliphatic carbocycles. The van der Waals surface area contributed by atoms with Crippen LogP contribution in [0.1, 0.15) is 26.8 Å². The van der Waals surface area contributed by atoms with E-state index in [0.717, 1.165) is 65.0 Å².